The SMILES string of the molecule is N#Cc1cccc(-c2ccccc2)c1-c1cc(-c2cccc3oc4ccccc4c23)cc(-c2cccc3oc4ccccc4c23)c1. The van der Waals surface area contributed by atoms with Crippen LogP contribution in [0, 0.1) is 11.3 Å². The zero-order valence-corrected chi connectivity index (χ0v) is 24.7. The van der Waals surface area contributed by atoms with Crippen molar-refractivity contribution in [2.45, 2.75) is 0 Å². The Morgan fingerprint density at radius 3 is 1.46 bits per heavy atom. The fraction of sp³-hybridized carbons (Fsp3) is 0. The van der Waals surface area contributed by atoms with Gasteiger partial charge in [0.05, 0.1) is 11.6 Å². The maximum atomic E-state index is 10.4. The van der Waals surface area contributed by atoms with Crippen molar-refractivity contribution in [3.63, 3.8) is 0 Å². The Labute approximate surface area is 265 Å². The number of furan rings is 2. The Balaban J connectivity index is 1.40. The van der Waals surface area contributed by atoms with Crippen molar-refractivity contribution < 1.29 is 8.83 Å². The topological polar surface area (TPSA) is 50.1 Å². The molecule has 0 spiro atoms. The Morgan fingerprint density at radius 1 is 0.391 bits per heavy atom. The molecule has 0 unspecified atom stereocenters. The predicted octanol–water partition coefficient (Wildman–Crippen LogP) is 12.0. The van der Waals surface area contributed by atoms with Crippen LogP contribution in [0.3, 0.4) is 0 Å². The number of nitriles is 1. The van der Waals surface area contributed by atoms with Crippen molar-refractivity contribution in [3.05, 3.63) is 157 Å². The van der Waals surface area contributed by atoms with E-state index in [-0.39, 0.29) is 0 Å². The van der Waals surface area contributed by atoms with E-state index >= 15 is 0 Å². The molecule has 9 aromatic rings. The molecular weight excluding hydrogens is 562 g/mol. The first-order valence-corrected chi connectivity index (χ1v) is 15.3. The highest BCUT2D eigenvalue weighted by Crippen LogP contribution is 2.44. The van der Waals surface area contributed by atoms with Gasteiger partial charge in [-0.1, -0.05) is 103 Å². The number of nitrogens with zero attached hydrogens (tertiary/aromatic N) is 1. The predicted molar refractivity (Wildman–Crippen MR) is 187 cm³/mol. The zero-order chi connectivity index (χ0) is 30.6. The first-order chi connectivity index (χ1) is 22.8. The van der Waals surface area contributed by atoms with Gasteiger partial charge in [-0.25, -0.2) is 0 Å². The van der Waals surface area contributed by atoms with E-state index in [2.05, 4.69) is 91.0 Å². The lowest BCUT2D eigenvalue weighted by atomic mass is 9.86. The van der Waals surface area contributed by atoms with Crippen LogP contribution in [0.2, 0.25) is 0 Å². The first kappa shape index (κ1) is 26.1. The van der Waals surface area contributed by atoms with E-state index in [0.29, 0.717) is 5.56 Å². The van der Waals surface area contributed by atoms with E-state index in [4.69, 9.17) is 8.83 Å². The van der Waals surface area contributed by atoms with Crippen LogP contribution in [-0.2, 0) is 0 Å². The number of rotatable bonds is 4. The van der Waals surface area contributed by atoms with E-state index in [9.17, 15) is 5.26 Å². The highest BCUT2D eigenvalue weighted by molar-refractivity contribution is 6.15. The van der Waals surface area contributed by atoms with Crippen molar-refractivity contribution in [2.75, 3.05) is 0 Å². The molecule has 0 N–H and O–H groups in total. The summed E-state index contributed by atoms with van der Waals surface area (Å²) >= 11 is 0. The molecule has 9 rings (SSSR count). The van der Waals surface area contributed by atoms with Gasteiger partial charge in [-0.15, -0.1) is 0 Å². The minimum absolute atomic E-state index is 0.628. The zero-order valence-electron chi connectivity index (χ0n) is 24.7. The van der Waals surface area contributed by atoms with Crippen LogP contribution in [-0.4, -0.2) is 0 Å². The Kier molecular flexibility index (Phi) is 5.88. The second kappa shape index (κ2) is 10.4. The molecule has 7 aromatic carbocycles. The lowest BCUT2D eigenvalue weighted by Crippen LogP contribution is -1.93. The highest BCUT2D eigenvalue weighted by Gasteiger charge is 2.19. The molecule has 46 heavy (non-hydrogen) atoms. The third-order valence-electron chi connectivity index (χ3n) is 8.92. The molecule has 3 heteroatoms. The highest BCUT2D eigenvalue weighted by atomic mass is 16.3. The smallest absolute Gasteiger partial charge is 0.136 e. The summed E-state index contributed by atoms with van der Waals surface area (Å²) in [6, 6.07) is 54.3. The summed E-state index contributed by atoms with van der Waals surface area (Å²) < 4.78 is 12.6. The van der Waals surface area contributed by atoms with Crippen LogP contribution in [0.4, 0.5) is 0 Å². The van der Waals surface area contributed by atoms with Gasteiger partial charge in [-0.2, -0.15) is 5.26 Å². The third kappa shape index (κ3) is 4.05. The number of fused-ring (bicyclic) bond motifs is 6. The fourth-order valence-corrected chi connectivity index (χ4v) is 6.93. The van der Waals surface area contributed by atoms with Crippen LogP contribution in [0.5, 0.6) is 0 Å². The molecule has 0 radical (unpaired) electrons. The molecule has 0 fully saturated rings. The van der Waals surface area contributed by atoms with Gasteiger partial charge in [0.15, 0.2) is 0 Å². The monoisotopic (exact) mass is 587 g/mol. The van der Waals surface area contributed by atoms with E-state index in [0.717, 1.165) is 88.4 Å². The second-order valence-corrected chi connectivity index (χ2v) is 11.6. The lowest BCUT2D eigenvalue weighted by molar-refractivity contribution is 0.668. The molecule has 0 aliphatic carbocycles. The molecule has 0 aliphatic rings. The molecule has 0 saturated carbocycles. The van der Waals surface area contributed by atoms with E-state index < -0.39 is 0 Å². The van der Waals surface area contributed by atoms with Gasteiger partial charge in [0, 0.05) is 27.1 Å². The summed E-state index contributed by atoms with van der Waals surface area (Å²) in [6.45, 7) is 0. The van der Waals surface area contributed by atoms with Crippen LogP contribution in [0.1, 0.15) is 5.56 Å². The Hall–Kier alpha value is -6.37. The molecule has 2 heterocycles. The second-order valence-electron chi connectivity index (χ2n) is 11.6. The number of para-hydroxylation sites is 2. The largest absolute Gasteiger partial charge is 0.456 e. The third-order valence-corrected chi connectivity index (χ3v) is 8.92. The average Bonchev–Trinajstić information content (AvgIpc) is 3.70. The lowest BCUT2D eigenvalue weighted by Gasteiger charge is -2.16. The van der Waals surface area contributed by atoms with E-state index in [1.807, 2.05) is 66.7 Å². The van der Waals surface area contributed by atoms with Crippen LogP contribution >= 0.6 is 0 Å². The molecule has 0 atom stereocenters. The van der Waals surface area contributed by atoms with Crippen LogP contribution < -0.4 is 0 Å². The van der Waals surface area contributed by atoms with Gasteiger partial charge >= 0.3 is 0 Å². The molecule has 214 valence electrons. The van der Waals surface area contributed by atoms with Crippen molar-refractivity contribution >= 4 is 43.9 Å². The summed E-state index contributed by atoms with van der Waals surface area (Å²) in [6.07, 6.45) is 0. The molecule has 0 saturated heterocycles. The van der Waals surface area contributed by atoms with Crippen molar-refractivity contribution in [1.29, 1.82) is 5.26 Å². The van der Waals surface area contributed by atoms with Gasteiger partial charge in [0.1, 0.15) is 22.3 Å². The molecule has 0 bridgehead atoms. The normalized spacial score (nSPS) is 11.5. The van der Waals surface area contributed by atoms with Crippen molar-refractivity contribution in [3.8, 4) is 50.6 Å². The Bertz CT molecular complexity index is 2520. The molecule has 0 amide bonds. The maximum absolute atomic E-state index is 10.4. The summed E-state index contributed by atoms with van der Waals surface area (Å²) in [7, 11) is 0. The van der Waals surface area contributed by atoms with Crippen LogP contribution in [0.15, 0.2) is 160 Å². The van der Waals surface area contributed by atoms with Gasteiger partial charge in [-0.05, 0) is 87.5 Å². The summed E-state index contributed by atoms with van der Waals surface area (Å²) in [5, 5.41) is 14.7. The van der Waals surface area contributed by atoms with Gasteiger partial charge < -0.3 is 8.83 Å². The van der Waals surface area contributed by atoms with Crippen molar-refractivity contribution in [2.24, 2.45) is 0 Å². The number of hydrogen-bond donors (Lipinski definition) is 0. The van der Waals surface area contributed by atoms with Gasteiger partial charge in [-0.3, -0.25) is 0 Å². The molecular formula is C43H25NO2. The average molecular weight is 588 g/mol. The van der Waals surface area contributed by atoms with Gasteiger partial charge in [0.2, 0.25) is 0 Å². The molecule has 3 nitrogen and oxygen atoms in total. The Morgan fingerprint density at radius 2 is 0.870 bits per heavy atom. The van der Waals surface area contributed by atoms with E-state index in [1.165, 1.54) is 0 Å². The number of benzene rings is 7. The maximum Gasteiger partial charge on any atom is 0.136 e. The van der Waals surface area contributed by atoms with E-state index in [1.54, 1.807) is 0 Å². The first-order valence-electron chi connectivity index (χ1n) is 15.3. The summed E-state index contributed by atoms with van der Waals surface area (Å²) in [4.78, 5) is 0. The minimum atomic E-state index is 0.628. The number of hydrogen-bond acceptors (Lipinski definition) is 3. The van der Waals surface area contributed by atoms with Gasteiger partial charge in [0.25, 0.3) is 0 Å². The fourth-order valence-electron chi connectivity index (χ4n) is 6.93. The summed E-state index contributed by atoms with van der Waals surface area (Å²) in [5.74, 6) is 0. The van der Waals surface area contributed by atoms with Crippen LogP contribution in [0.25, 0.3) is 88.4 Å². The minimum Gasteiger partial charge on any atom is -0.456 e. The quantitative estimate of drug-likeness (QED) is 0.206. The molecule has 0 aliphatic heterocycles. The van der Waals surface area contributed by atoms with Crippen molar-refractivity contribution in [1.82, 2.24) is 0 Å². The summed E-state index contributed by atoms with van der Waals surface area (Å²) in [5.41, 5.74) is 12.2. The molecule has 2 aromatic heterocycles. The standard InChI is InChI=1S/C43H25NO2/c44-26-28-13-8-16-32(27-11-2-1-3-12-27)41(28)31-24-29(33-17-9-21-39-42(33)35-14-4-6-19-37(35)45-39)23-30(25-31)34-18-10-22-40-43(34)36-15-5-7-20-38(36)46-40/h1-25H.